The van der Waals surface area contributed by atoms with Crippen LogP contribution in [0.25, 0.3) is 0 Å². The van der Waals surface area contributed by atoms with E-state index in [1.165, 1.54) is 52.7 Å². The second kappa shape index (κ2) is 12.3. The Morgan fingerprint density at radius 1 is 0.630 bits per heavy atom. The molecule has 0 fully saturated rings. The molecular formula is C18H18CaO8. The molecule has 2 aromatic rings. The molecule has 8 nitrogen and oxygen atoms in total. The van der Waals surface area contributed by atoms with Crippen LogP contribution in [0.1, 0.15) is 20.7 Å². The van der Waals surface area contributed by atoms with Crippen molar-refractivity contribution in [1.29, 1.82) is 0 Å². The SMILES string of the molecule is COc1cccc(OC)c1C(=O)[O-].COc1cccc(OC)c1C(=O)[O-].[Ca+2]. The van der Waals surface area contributed by atoms with Crippen LogP contribution in [0.2, 0.25) is 0 Å². The van der Waals surface area contributed by atoms with E-state index in [9.17, 15) is 19.8 Å². The van der Waals surface area contributed by atoms with Crippen molar-refractivity contribution in [3.8, 4) is 23.0 Å². The topological polar surface area (TPSA) is 117 Å². The van der Waals surface area contributed by atoms with Gasteiger partial charge in [-0.05, 0) is 24.3 Å². The third-order valence-corrected chi connectivity index (χ3v) is 3.26. The van der Waals surface area contributed by atoms with E-state index in [2.05, 4.69) is 0 Å². The molecule has 0 radical (unpaired) electrons. The van der Waals surface area contributed by atoms with Crippen molar-refractivity contribution in [1.82, 2.24) is 0 Å². The molecule has 2 rings (SSSR count). The predicted octanol–water partition coefficient (Wildman–Crippen LogP) is -0.246. The average molecular weight is 402 g/mol. The standard InChI is InChI=1S/2C9H10O4.Ca/c2*1-12-6-4-3-5-7(13-2)8(6)9(10)11;/h2*3-5H,1-2H3,(H,10,11);/q;;+2/p-2. The Kier molecular flexibility index (Phi) is 11.3. The number of benzene rings is 2. The first-order valence-corrected chi connectivity index (χ1v) is 7.25. The van der Waals surface area contributed by atoms with Gasteiger partial charge in [0.15, 0.2) is 0 Å². The first-order chi connectivity index (χ1) is 12.4. The van der Waals surface area contributed by atoms with E-state index < -0.39 is 11.9 Å². The number of methoxy groups -OCH3 is 4. The van der Waals surface area contributed by atoms with Gasteiger partial charge in [-0.3, -0.25) is 0 Å². The van der Waals surface area contributed by atoms with Gasteiger partial charge in [-0.2, -0.15) is 0 Å². The molecule has 0 atom stereocenters. The average Bonchev–Trinajstić information content (AvgIpc) is 2.66. The van der Waals surface area contributed by atoms with Gasteiger partial charge >= 0.3 is 37.7 Å². The van der Waals surface area contributed by atoms with Gasteiger partial charge in [0.2, 0.25) is 0 Å². The zero-order valence-electron chi connectivity index (χ0n) is 15.4. The maximum absolute atomic E-state index is 10.7. The van der Waals surface area contributed by atoms with Crippen molar-refractivity contribution in [3.05, 3.63) is 47.5 Å². The maximum atomic E-state index is 10.7. The van der Waals surface area contributed by atoms with Gasteiger partial charge in [-0.15, -0.1) is 0 Å². The fourth-order valence-electron chi connectivity index (χ4n) is 2.10. The van der Waals surface area contributed by atoms with Crippen LogP contribution >= 0.6 is 0 Å². The summed E-state index contributed by atoms with van der Waals surface area (Å²) in [4.78, 5) is 21.4. The Hall–Kier alpha value is -2.16. The molecule has 0 amide bonds. The summed E-state index contributed by atoms with van der Waals surface area (Å²) in [6.07, 6.45) is 0. The largest absolute Gasteiger partial charge is 2.00 e. The molecular weight excluding hydrogens is 384 g/mol. The maximum Gasteiger partial charge on any atom is 2.00 e. The van der Waals surface area contributed by atoms with Crippen molar-refractivity contribution in [2.24, 2.45) is 0 Å². The molecule has 0 heterocycles. The van der Waals surface area contributed by atoms with Crippen molar-refractivity contribution in [2.75, 3.05) is 28.4 Å². The Labute approximate surface area is 186 Å². The number of aromatic carboxylic acids is 2. The molecule has 0 bridgehead atoms. The zero-order valence-corrected chi connectivity index (χ0v) is 17.6. The van der Waals surface area contributed by atoms with Crippen LogP contribution in [-0.2, 0) is 0 Å². The molecule has 0 saturated carbocycles. The fraction of sp³-hybridized carbons (Fsp3) is 0.222. The summed E-state index contributed by atoms with van der Waals surface area (Å²) in [6.45, 7) is 0. The Balaban J connectivity index is 0.000000483. The van der Waals surface area contributed by atoms with Gasteiger partial charge in [-0.25, -0.2) is 0 Å². The quantitative estimate of drug-likeness (QED) is 0.608. The second-order valence-corrected chi connectivity index (χ2v) is 4.65. The minimum atomic E-state index is -1.31. The molecule has 0 spiro atoms. The minimum absolute atomic E-state index is 0. The van der Waals surface area contributed by atoms with E-state index in [0.29, 0.717) is 0 Å². The van der Waals surface area contributed by atoms with Crippen molar-refractivity contribution in [3.63, 3.8) is 0 Å². The van der Waals surface area contributed by atoms with Crippen molar-refractivity contribution in [2.45, 2.75) is 0 Å². The molecule has 0 saturated heterocycles. The molecule has 27 heavy (non-hydrogen) atoms. The number of hydrogen-bond acceptors (Lipinski definition) is 8. The first-order valence-electron chi connectivity index (χ1n) is 7.25. The molecule has 0 N–H and O–H groups in total. The number of carboxylic acid groups (broad SMARTS) is 2. The first kappa shape index (κ1) is 24.8. The molecule has 0 aromatic heterocycles. The second-order valence-electron chi connectivity index (χ2n) is 4.65. The van der Waals surface area contributed by atoms with E-state index in [1.54, 1.807) is 12.1 Å². The van der Waals surface area contributed by atoms with Crippen molar-refractivity contribution < 1.29 is 38.7 Å². The van der Waals surface area contributed by atoms with Crippen LogP contribution in [0.3, 0.4) is 0 Å². The third kappa shape index (κ3) is 6.50. The molecule has 0 aliphatic carbocycles. The van der Waals surface area contributed by atoms with Crippen LogP contribution in [0.5, 0.6) is 23.0 Å². The van der Waals surface area contributed by atoms with Gasteiger partial charge in [0, 0.05) is 0 Å². The molecule has 0 aliphatic rings. The summed E-state index contributed by atoms with van der Waals surface area (Å²) >= 11 is 0. The summed E-state index contributed by atoms with van der Waals surface area (Å²) in [6, 6.07) is 9.43. The molecule has 2 aromatic carbocycles. The molecule has 9 heteroatoms. The van der Waals surface area contributed by atoms with Gasteiger partial charge in [-0.1, -0.05) is 12.1 Å². The van der Waals surface area contributed by atoms with Crippen LogP contribution in [0.15, 0.2) is 36.4 Å². The van der Waals surface area contributed by atoms with Crippen molar-refractivity contribution >= 4 is 49.7 Å². The molecule has 0 unspecified atom stereocenters. The van der Waals surface area contributed by atoms with E-state index >= 15 is 0 Å². The van der Waals surface area contributed by atoms with Gasteiger partial charge in [0.05, 0.1) is 51.5 Å². The van der Waals surface area contributed by atoms with E-state index in [-0.39, 0.29) is 71.9 Å². The normalized spacial score (nSPS) is 9.04. The Morgan fingerprint density at radius 2 is 0.852 bits per heavy atom. The number of carboxylic acids is 2. The summed E-state index contributed by atoms with van der Waals surface area (Å²) in [5.41, 5.74) is -0.125. The van der Waals surface area contributed by atoms with Crippen LogP contribution in [-0.4, -0.2) is 78.1 Å². The van der Waals surface area contributed by atoms with Crippen LogP contribution in [0.4, 0.5) is 0 Å². The van der Waals surface area contributed by atoms with Crippen LogP contribution < -0.4 is 29.2 Å². The smallest absolute Gasteiger partial charge is 0.545 e. The molecule has 140 valence electrons. The Bertz CT molecular complexity index is 666. The Morgan fingerprint density at radius 3 is 1.00 bits per heavy atom. The number of hydrogen-bond donors (Lipinski definition) is 0. The van der Waals surface area contributed by atoms with E-state index in [4.69, 9.17) is 18.9 Å². The summed E-state index contributed by atoms with van der Waals surface area (Å²) in [5.74, 6) is -1.68. The van der Waals surface area contributed by atoms with Gasteiger partial charge in [0.1, 0.15) is 23.0 Å². The van der Waals surface area contributed by atoms with E-state index in [0.717, 1.165) is 0 Å². The predicted molar refractivity (Wildman–Crippen MR) is 93.5 cm³/mol. The summed E-state index contributed by atoms with van der Waals surface area (Å²) < 4.78 is 19.4. The monoisotopic (exact) mass is 402 g/mol. The third-order valence-electron chi connectivity index (χ3n) is 3.26. The number of rotatable bonds is 6. The zero-order chi connectivity index (χ0) is 19.7. The van der Waals surface area contributed by atoms with E-state index in [1.807, 2.05) is 0 Å². The molecule has 0 aliphatic heterocycles. The number of ether oxygens (including phenoxy) is 4. The minimum Gasteiger partial charge on any atom is -0.545 e. The van der Waals surface area contributed by atoms with Gasteiger partial charge in [0.25, 0.3) is 0 Å². The van der Waals surface area contributed by atoms with Crippen LogP contribution in [0, 0.1) is 0 Å². The van der Waals surface area contributed by atoms with Gasteiger partial charge < -0.3 is 38.7 Å². The summed E-state index contributed by atoms with van der Waals surface area (Å²) in [5, 5.41) is 21.4. The number of carbonyl (C=O) groups is 2. The summed E-state index contributed by atoms with van der Waals surface area (Å²) in [7, 11) is 5.56. The fourth-order valence-corrected chi connectivity index (χ4v) is 2.10. The number of carbonyl (C=O) groups excluding carboxylic acids is 2.